The molecule has 16 heavy (non-hydrogen) atoms. The molecule has 86 valence electrons. The summed E-state index contributed by atoms with van der Waals surface area (Å²) in [5.41, 5.74) is 0.216. The highest BCUT2D eigenvalue weighted by atomic mass is 35.5. The summed E-state index contributed by atoms with van der Waals surface area (Å²) in [4.78, 5) is 12.6. The first-order valence-electron chi connectivity index (χ1n) is 4.63. The van der Waals surface area contributed by atoms with Gasteiger partial charge in [-0.1, -0.05) is 23.2 Å². The third-order valence-corrected chi connectivity index (χ3v) is 3.18. The third-order valence-electron chi connectivity index (χ3n) is 2.33. The molecule has 1 aliphatic heterocycles. The Balaban J connectivity index is 2.27. The van der Waals surface area contributed by atoms with Crippen LogP contribution >= 0.6 is 23.2 Å². The summed E-state index contributed by atoms with van der Waals surface area (Å²) >= 11 is 11.6. The minimum absolute atomic E-state index is 0.0735. The second kappa shape index (κ2) is 4.47. The Labute approximate surface area is 102 Å². The number of halogens is 3. The van der Waals surface area contributed by atoms with Crippen molar-refractivity contribution in [3.63, 3.8) is 0 Å². The van der Waals surface area contributed by atoms with Crippen LogP contribution in [0, 0.1) is 5.82 Å². The van der Waals surface area contributed by atoms with Crippen molar-refractivity contribution in [3.8, 4) is 0 Å². The van der Waals surface area contributed by atoms with Gasteiger partial charge in [-0.15, -0.1) is 0 Å². The van der Waals surface area contributed by atoms with Crippen LogP contribution in [-0.4, -0.2) is 24.1 Å². The number of rotatable bonds is 2. The lowest BCUT2D eigenvalue weighted by atomic mass is 10.2. The molecule has 0 spiro atoms. The molecule has 0 N–H and O–H groups in total. The normalized spacial score (nSPS) is 15.4. The second-order valence-electron chi connectivity index (χ2n) is 3.36. The number of amides is 1. The average molecular weight is 264 g/mol. The predicted octanol–water partition coefficient (Wildman–Crippen LogP) is 3.08. The summed E-state index contributed by atoms with van der Waals surface area (Å²) in [7, 11) is 0. The molecular formula is C10H8Cl2FNO2. The van der Waals surface area contributed by atoms with E-state index >= 15 is 0 Å². The van der Waals surface area contributed by atoms with E-state index in [4.69, 9.17) is 27.9 Å². The Hall–Kier alpha value is -1.000. The van der Waals surface area contributed by atoms with Gasteiger partial charge in [-0.2, -0.15) is 0 Å². The van der Waals surface area contributed by atoms with Crippen molar-refractivity contribution in [2.45, 2.75) is 6.54 Å². The summed E-state index contributed by atoms with van der Waals surface area (Å²) < 4.78 is 18.2. The van der Waals surface area contributed by atoms with Crippen LogP contribution in [0.1, 0.15) is 5.56 Å². The Morgan fingerprint density at radius 2 is 2.19 bits per heavy atom. The smallest absolute Gasteiger partial charge is 0.410 e. The zero-order chi connectivity index (χ0) is 11.7. The molecule has 1 fully saturated rings. The zero-order valence-corrected chi connectivity index (χ0v) is 9.69. The van der Waals surface area contributed by atoms with Crippen molar-refractivity contribution in [3.05, 3.63) is 33.6 Å². The first-order valence-corrected chi connectivity index (χ1v) is 5.39. The fourth-order valence-electron chi connectivity index (χ4n) is 1.47. The van der Waals surface area contributed by atoms with Gasteiger partial charge in [0.25, 0.3) is 0 Å². The van der Waals surface area contributed by atoms with Crippen molar-refractivity contribution < 1.29 is 13.9 Å². The molecule has 2 rings (SSSR count). The molecule has 0 bridgehead atoms. The van der Waals surface area contributed by atoms with E-state index in [9.17, 15) is 9.18 Å². The van der Waals surface area contributed by atoms with E-state index in [1.165, 1.54) is 17.0 Å². The maximum Gasteiger partial charge on any atom is 0.410 e. The Morgan fingerprint density at radius 3 is 2.81 bits per heavy atom. The van der Waals surface area contributed by atoms with Gasteiger partial charge in [0.15, 0.2) is 0 Å². The number of carbonyl (C=O) groups excluding carboxylic acids is 1. The Morgan fingerprint density at radius 1 is 1.44 bits per heavy atom. The highest BCUT2D eigenvalue weighted by molar-refractivity contribution is 6.42. The van der Waals surface area contributed by atoms with Gasteiger partial charge < -0.3 is 9.64 Å². The van der Waals surface area contributed by atoms with Crippen LogP contribution in [0.15, 0.2) is 12.1 Å². The van der Waals surface area contributed by atoms with Crippen molar-refractivity contribution in [1.82, 2.24) is 4.90 Å². The molecule has 3 nitrogen and oxygen atoms in total. The Bertz CT molecular complexity index is 439. The molecule has 6 heteroatoms. The van der Waals surface area contributed by atoms with Crippen LogP contribution < -0.4 is 0 Å². The fraction of sp³-hybridized carbons (Fsp3) is 0.300. The molecular weight excluding hydrogens is 256 g/mol. The molecule has 1 heterocycles. The summed E-state index contributed by atoms with van der Waals surface area (Å²) in [6.45, 7) is 0.823. The van der Waals surface area contributed by atoms with E-state index in [0.29, 0.717) is 13.2 Å². The number of nitrogens with zero attached hydrogens (tertiary/aromatic N) is 1. The van der Waals surface area contributed by atoms with Gasteiger partial charge >= 0.3 is 6.09 Å². The number of hydrogen-bond donors (Lipinski definition) is 0. The lowest BCUT2D eigenvalue weighted by Gasteiger charge is -2.14. The number of cyclic esters (lactones) is 1. The van der Waals surface area contributed by atoms with E-state index in [1.54, 1.807) is 0 Å². The number of hydrogen-bond acceptors (Lipinski definition) is 2. The van der Waals surface area contributed by atoms with Crippen LogP contribution in [-0.2, 0) is 11.3 Å². The van der Waals surface area contributed by atoms with Gasteiger partial charge in [0, 0.05) is 5.56 Å². The largest absolute Gasteiger partial charge is 0.448 e. The van der Waals surface area contributed by atoms with Crippen LogP contribution in [0.3, 0.4) is 0 Å². The zero-order valence-electron chi connectivity index (χ0n) is 8.17. The Kier molecular flexibility index (Phi) is 3.21. The maximum absolute atomic E-state index is 13.5. The molecule has 0 atom stereocenters. The SMILES string of the molecule is O=C1OCCN1Cc1c(F)ccc(Cl)c1Cl. The maximum atomic E-state index is 13.5. The molecule has 0 aromatic heterocycles. The van der Waals surface area contributed by atoms with Gasteiger partial charge in [-0.3, -0.25) is 0 Å². The third kappa shape index (κ3) is 2.08. The molecule has 1 aliphatic rings. The van der Waals surface area contributed by atoms with E-state index in [2.05, 4.69) is 0 Å². The minimum Gasteiger partial charge on any atom is -0.448 e. The van der Waals surface area contributed by atoms with Crippen LogP contribution in [0.2, 0.25) is 10.0 Å². The molecule has 0 aliphatic carbocycles. The van der Waals surface area contributed by atoms with Crippen LogP contribution in [0.25, 0.3) is 0 Å². The topological polar surface area (TPSA) is 29.5 Å². The first kappa shape index (κ1) is 11.5. The van der Waals surface area contributed by atoms with E-state index in [1.807, 2.05) is 0 Å². The molecule has 1 saturated heterocycles. The second-order valence-corrected chi connectivity index (χ2v) is 4.14. The predicted molar refractivity (Wildman–Crippen MR) is 58.2 cm³/mol. The monoisotopic (exact) mass is 263 g/mol. The van der Waals surface area contributed by atoms with E-state index in [-0.39, 0.29) is 22.2 Å². The first-order chi connectivity index (χ1) is 7.59. The molecule has 0 radical (unpaired) electrons. The van der Waals surface area contributed by atoms with E-state index < -0.39 is 11.9 Å². The fourth-order valence-corrected chi connectivity index (χ4v) is 1.86. The van der Waals surface area contributed by atoms with Crippen molar-refractivity contribution in [2.24, 2.45) is 0 Å². The van der Waals surface area contributed by atoms with Gasteiger partial charge in [0.1, 0.15) is 12.4 Å². The van der Waals surface area contributed by atoms with Gasteiger partial charge in [0.05, 0.1) is 23.1 Å². The molecule has 0 saturated carbocycles. The van der Waals surface area contributed by atoms with Crippen LogP contribution in [0.4, 0.5) is 9.18 Å². The molecule has 1 amide bonds. The summed E-state index contributed by atoms with van der Waals surface area (Å²) in [5, 5.41) is 0.409. The summed E-state index contributed by atoms with van der Waals surface area (Å²) in [5.74, 6) is -0.478. The quantitative estimate of drug-likeness (QED) is 0.768. The summed E-state index contributed by atoms with van der Waals surface area (Å²) in [6, 6.07) is 2.61. The molecule has 1 aromatic rings. The molecule has 1 aromatic carbocycles. The van der Waals surface area contributed by atoms with Gasteiger partial charge in [-0.25, -0.2) is 9.18 Å². The number of carbonyl (C=O) groups is 1. The van der Waals surface area contributed by atoms with Gasteiger partial charge in [-0.05, 0) is 12.1 Å². The average Bonchev–Trinajstić information content (AvgIpc) is 2.65. The van der Waals surface area contributed by atoms with Crippen LogP contribution in [0.5, 0.6) is 0 Å². The highest BCUT2D eigenvalue weighted by Gasteiger charge is 2.24. The number of benzene rings is 1. The van der Waals surface area contributed by atoms with E-state index in [0.717, 1.165) is 0 Å². The van der Waals surface area contributed by atoms with Gasteiger partial charge in [0.2, 0.25) is 0 Å². The van der Waals surface area contributed by atoms with Crippen molar-refractivity contribution >= 4 is 29.3 Å². The molecule has 0 unspecified atom stereocenters. The highest BCUT2D eigenvalue weighted by Crippen LogP contribution is 2.29. The minimum atomic E-state index is -0.478. The standard InChI is InChI=1S/C10H8Cl2FNO2/c11-7-1-2-8(13)6(9(7)12)5-14-3-4-16-10(14)15/h1-2H,3-5H2. The number of ether oxygens (including phenoxy) is 1. The summed E-state index contributed by atoms with van der Waals surface area (Å²) in [6.07, 6.45) is -0.463. The van der Waals surface area contributed by atoms with Crippen molar-refractivity contribution in [2.75, 3.05) is 13.2 Å². The lowest BCUT2D eigenvalue weighted by Crippen LogP contribution is -2.24. The van der Waals surface area contributed by atoms with Crippen molar-refractivity contribution in [1.29, 1.82) is 0 Å². The lowest BCUT2D eigenvalue weighted by molar-refractivity contribution is 0.157.